The van der Waals surface area contributed by atoms with Crippen molar-refractivity contribution in [2.24, 2.45) is 0 Å². The molecule has 0 saturated carbocycles. The summed E-state index contributed by atoms with van der Waals surface area (Å²) in [6, 6.07) is 67.7. The minimum absolute atomic E-state index is 0.307. The molecule has 0 aliphatic carbocycles. The Kier molecular flexibility index (Phi) is 22.8. The van der Waals surface area contributed by atoms with E-state index < -0.39 is 0 Å². The molecule has 0 amide bonds. The van der Waals surface area contributed by atoms with Gasteiger partial charge in [0.1, 0.15) is 69.0 Å². The lowest BCUT2D eigenvalue weighted by Gasteiger charge is -2.16. The maximum Gasteiger partial charge on any atom is 0.343 e. The van der Waals surface area contributed by atoms with E-state index in [2.05, 4.69) is 92.0 Å². The van der Waals surface area contributed by atoms with Crippen LogP contribution in [-0.2, 0) is 53.2 Å². The normalized spacial score (nSPS) is 15.2. The van der Waals surface area contributed by atoms with Crippen molar-refractivity contribution in [3.63, 3.8) is 0 Å². The molecule has 12 heteroatoms. The Morgan fingerprint density at radius 1 is 0.272 bits per heavy atom. The summed E-state index contributed by atoms with van der Waals surface area (Å²) in [6.07, 6.45) is 13.3. The van der Waals surface area contributed by atoms with Crippen LogP contribution in [0.3, 0.4) is 0 Å². The SMILES string of the molecule is C=C(C)C(=O)Oc1ccc([S+]2CCCC2)c2ccccc12.C=C(C)C(=O)Oc1ccc([S+]2CCCCC2)c2ccccc12.O=C(Oc1ccc([S+]2CCCC2)c2ccccc12)c1ccccc1.O=C(Oc1ccc([S+]2CCCCC2)c2ccccc12)c1ccccc1. The Balaban J connectivity index is 0.000000126. The molecule has 0 unspecified atom stereocenters. The zero-order chi connectivity index (χ0) is 63.8. The third kappa shape index (κ3) is 16.2. The minimum Gasteiger partial charge on any atom is -0.423 e. The van der Waals surface area contributed by atoms with Gasteiger partial charge in [-0.2, -0.15) is 0 Å². The van der Waals surface area contributed by atoms with Crippen molar-refractivity contribution in [1.29, 1.82) is 0 Å². The van der Waals surface area contributed by atoms with Crippen LogP contribution in [0.4, 0.5) is 0 Å². The standard InChI is InChI=1S/C22H21O2S.C21H19O2S.C19H21O2S.C18H19O2S/c23-22(17-9-3-1-4-10-17)24-20-13-14-21(25-15-7-2-8-16-25)19-12-6-5-11-18(19)20;22-21(16-8-2-1-3-9-16)23-19-12-13-20(24-14-6-7-15-24)18-11-5-4-10-17(18)19;1-14(2)19(20)21-17-10-11-18(22-12-6-3-7-13-22)16-9-5-4-8-15(16)17;1-13(2)18(19)20-16-9-10-17(21-11-5-6-12-21)15-8-4-3-7-14(15)16/h1,3-6,9-14H,2,7-8,15-16H2;1-5,8-13H,6-7,14-15H2;4-5,8-11H,1,3,6-7,12-13H2,2H3;3-4,7-10H,1,5-6,11-12H2,2H3/q4*+1. The summed E-state index contributed by atoms with van der Waals surface area (Å²) in [5.74, 6) is 11.5. The molecule has 14 rings (SSSR count). The third-order valence-corrected chi connectivity index (χ3v) is 26.9. The van der Waals surface area contributed by atoms with Crippen LogP contribution in [0.1, 0.15) is 98.8 Å². The Labute approximate surface area is 553 Å². The first-order valence-electron chi connectivity index (χ1n) is 32.1. The van der Waals surface area contributed by atoms with E-state index >= 15 is 0 Å². The first-order valence-corrected chi connectivity index (χ1v) is 38.3. The minimum atomic E-state index is -0.365. The maximum atomic E-state index is 12.4. The number of ether oxygens (including phenoxy) is 4. The van der Waals surface area contributed by atoms with Gasteiger partial charge in [0.15, 0.2) is 19.6 Å². The highest BCUT2D eigenvalue weighted by molar-refractivity contribution is 7.98. The number of carbonyl (C=O) groups excluding carboxylic acids is 4. The predicted molar refractivity (Wildman–Crippen MR) is 387 cm³/mol. The zero-order valence-corrected chi connectivity index (χ0v) is 55.9. The maximum absolute atomic E-state index is 12.4. The van der Waals surface area contributed by atoms with Crippen molar-refractivity contribution >= 4 is 111 Å². The Bertz CT molecular complexity index is 4260. The lowest BCUT2D eigenvalue weighted by atomic mass is 10.1. The molecule has 10 aromatic rings. The Morgan fingerprint density at radius 3 is 0.739 bits per heavy atom. The van der Waals surface area contributed by atoms with Crippen LogP contribution in [-0.4, -0.2) is 69.9 Å². The van der Waals surface area contributed by atoms with E-state index in [1.807, 2.05) is 103 Å². The topological polar surface area (TPSA) is 105 Å². The molecule has 0 radical (unpaired) electrons. The van der Waals surface area contributed by atoms with Crippen LogP contribution < -0.4 is 18.9 Å². The molecular formula is C80H80O8S4+4. The van der Waals surface area contributed by atoms with E-state index in [0.717, 1.165) is 21.5 Å². The van der Waals surface area contributed by atoms with Gasteiger partial charge in [-0.05, 0) is 175 Å². The van der Waals surface area contributed by atoms with Crippen LogP contribution >= 0.6 is 0 Å². The molecule has 0 aromatic heterocycles. The van der Waals surface area contributed by atoms with Crippen molar-refractivity contribution in [2.45, 2.75) is 97.6 Å². The second kappa shape index (κ2) is 32.0. The molecule has 10 aromatic carbocycles. The number of carbonyl (C=O) groups is 4. The van der Waals surface area contributed by atoms with Gasteiger partial charge in [-0.25, -0.2) is 19.2 Å². The monoisotopic (exact) mass is 1300 g/mol. The Morgan fingerprint density at radius 2 is 0.489 bits per heavy atom. The van der Waals surface area contributed by atoms with E-state index in [-0.39, 0.29) is 23.9 Å². The number of hydrogen-bond donors (Lipinski definition) is 0. The predicted octanol–water partition coefficient (Wildman–Crippen LogP) is 18.6. The van der Waals surface area contributed by atoms with Gasteiger partial charge in [0.25, 0.3) is 0 Å². The van der Waals surface area contributed by atoms with Crippen molar-refractivity contribution in [3.8, 4) is 23.0 Å². The van der Waals surface area contributed by atoms with Crippen molar-refractivity contribution in [2.75, 3.05) is 46.0 Å². The summed E-state index contributed by atoms with van der Waals surface area (Å²) in [5.41, 5.74) is 1.98. The van der Waals surface area contributed by atoms with Gasteiger partial charge in [-0.15, -0.1) is 0 Å². The van der Waals surface area contributed by atoms with Crippen LogP contribution in [0.5, 0.6) is 23.0 Å². The summed E-state index contributed by atoms with van der Waals surface area (Å²) in [4.78, 5) is 54.1. The molecule has 4 aliphatic rings. The van der Waals surface area contributed by atoms with E-state index in [0.29, 0.717) is 88.9 Å². The van der Waals surface area contributed by atoms with Crippen LogP contribution in [0.25, 0.3) is 43.1 Å². The molecular weight excluding hydrogens is 1220 g/mol. The zero-order valence-electron chi connectivity index (χ0n) is 52.7. The van der Waals surface area contributed by atoms with Gasteiger partial charge < -0.3 is 18.9 Å². The molecule has 0 bridgehead atoms. The number of esters is 4. The Hall–Kier alpha value is -8.00. The van der Waals surface area contributed by atoms with E-state index in [1.165, 1.54) is 151 Å². The lowest BCUT2D eigenvalue weighted by molar-refractivity contribution is -0.130. The lowest BCUT2D eigenvalue weighted by Crippen LogP contribution is -2.18. The van der Waals surface area contributed by atoms with Crippen molar-refractivity contribution in [3.05, 3.63) is 242 Å². The molecule has 468 valence electrons. The van der Waals surface area contributed by atoms with Gasteiger partial charge in [-0.1, -0.05) is 122 Å². The number of fused-ring (bicyclic) bond motifs is 4. The molecule has 8 nitrogen and oxygen atoms in total. The van der Waals surface area contributed by atoms with Gasteiger partial charge in [0.05, 0.1) is 11.1 Å². The second-order valence-electron chi connectivity index (χ2n) is 23.4. The second-order valence-corrected chi connectivity index (χ2v) is 32.4. The summed E-state index contributed by atoms with van der Waals surface area (Å²) in [5, 5.41) is 8.99. The van der Waals surface area contributed by atoms with Gasteiger partial charge >= 0.3 is 23.9 Å². The van der Waals surface area contributed by atoms with E-state index in [1.54, 1.807) is 38.1 Å². The molecule has 0 atom stereocenters. The molecule has 4 saturated heterocycles. The van der Waals surface area contributed by atoms with Crippen molar-refractivity contribution < 1.29 is 38.1 Å². The third-order valence-electron chi connectivity index (χ3n) is 16.8. The van der Waals surface area contributed by atoms with Crippen LogP contribution in [0.15, 0.2) is 250 Å². The largest absolute Gasteiger partial charge is 0.423 e. The highest BCUT2D eigenvalue weighted by Gasteiger charge is 2.33. The summed E-state index contributed by atoms with van der Waals surface area (Å²) < 4.78 is 22.4. The molecule has 92 heavy (non-hydrogen) atoms. The number of rotatable bonds is 12. The first kappa shape index (κ1) is 65.5. The number of hydrogen-bond acceptors (Lipinski definition) is 8. The van der Waals surface area contributed by atoms with Crippen LogP contribution in [0, 0.1) is 0 Å². The van der Waals surface area contributed by atoms with E-state index in [4.69, 9.17) is 18.9 Å². The first-order chi connectivity index (χ1) is 45.0. The highest BCUT2D eigenvalue weighted by Crippen LogP contribution is 2.39. The molecule has 4 aliphatic heterocycles. The highest BCUT2D eigenvalue weighted by atomic mass is 32.2. The smallest absolute Gasteiger partial charge is 0.343 e. The molecule has 0 spiro atoms. The summed E-state index contributed by atoms with van der Waals surface area (Å²) in [6.45, 7) is 10.6. The fraction of sp³-hybridized carbons (Fsp3) is 0.250. The molecule has 0 N–H and O–H groups in total. The number of benzene rings is 10. The van der Waals surface area contributed by atoms with Gasteiger partial charge in [0.2, 0.25) is 0 Å². The average molecular weight is 1300 g/mol. The molecule has 4 fully saturated rings. The molecule has 4 heterocycles. The van der Waals surface area contributed by atoms with Gasteiger partial charge in [-0.3, -0.25) is 0 Å². The van der Waals surface area contributed by atoms with Crippen molar-refractivity contribution in [1.82, 2.24) is 0 Å². The summed E-state index contributed by atoms with van der Waals surface area (Å²) >= 11 is 0. The fourth-order valence-electron chi connectivity index (χ4n) is 12.0. The summed E-state index contributed by atoms with van der Waals surface area (Å²) in [7, 11) is 1.33. The average Bonchev–Trinajstić information content (AvgIpc) is 1.05. The van der Waals surface area contributed by atoms with Crippen LogP contribution in [0.2, 0.25) is 0 Å². The fourth-order valence-corrected chi connectivity index (χ4v) is 22.0. The quantitative estimate of drug-likeness (QED) is 0.0516. The van der Waals surface area contributed by atoms with E-state index in [9.17, 15) is 19.2 Å². The van der Waals surface area contributed by atoms with Gasteiger partial charge in [0, 0.05) is 97.8 Å².